The molecule has 0 bridgehead atoms. The first kappa shape index (κ1) is 20.8. The minimum absolute atomic E-state index is 0.461. The number of nitrogens with zero attached hydrogens (tertiary/aromatic N) is 2. The zero-order valence-electron chi connectivity index (χ0n) is 17.4. The summed E-state index contributed by atoms with van der Waals surface area (Å²) in [5, 5.41) is 13.3. The van der Waals surface area contributed by atoms with Crippen molar-refractivity contribution in [3.8, 4) is 0 Å². The van der Waals surface area contributed by atoms with Crippen molar-refractivity contribution in [1.29, 1.82) is 0 Å². The second-order valence-electron chi connectivity index (χ2n) is 7.77. The van der Waals surface area contributed by atoms with Gasteiger partial charge in [0.1, 0.15) is 0 Å². The van der Waals surface area contributed by atoms with Gasteiger partial charge in [-0.05, 0) is 63.0 Å². The summed E-state index contributed by atoms with van der Waals surface area (Å²) in [5.41, 5.74) is 2.96. The molecule has 0 aliphatic carbocycles. The fraction of sp³-hybridized carbons (Fsp3) is 0.480. The van der Waals surface area contributed by atoms with Crippen LogP contribution in [0.3, 0.4) is 0 Å². The number of aliphatic hydroxyl groups is 1. The van der Waals surface area contributed by atoms with E-state index in [9.17, 15) is 5.11 Å². The number of unbranched alkanes of at least 4 members (excludes halogenated alkanes) is 2. The van der Waals surface area contributed by atoms with Gasteiger partial charge in [0.25, 0.3) is 0 Å². The second-order valence-corrected chi connectivity index (χ2v) is 7.77. The first-order valence-electron chi connectivity index (χ1n) is 10.9. The van der Waals surface area contributed by atoms with E-state index in [1.807, 2.05) is 36.4 Å². The van der Waals surface area contributed by atoms with Gasteiger partial charge in [0.2, 0.25) is 0 Å². The summed E-state index contributed by atoms with van der Waals surface area (Å²) in [6.07, 6.45) is 6.32. The van der Waals surface area contributed by atoms with Crippen LogP contribution in [0.4, 0.5) is 0 Å². The minimum atomic E-state index is -0.461. The number of pyridine rings is 1. The number of hydrogen-bond donors (Lipinski definition) is 1. The molecule has 0 aliphatic heterocycles. The van der Waals surface area contributed by atoms with E-state index < -0.39 is 6.10 Å². The van der Waals surface area contributed by atoms with Crippen molar-refractivity contribution < 1.29 is 5.11 Å². The fourth-order valence-corrected chi connectivity index (χ4v) is 3.98. The lowest BCUT2D eigenvalue weighted by atomic mass is 9.95. The Morgan fingerprint density at radius 2 is 1.29 bits per heavy atom. The molecule has 150 valence electrons. The number of aromatic nitrogens is 1. The molecule has 3 aromatic rings. The van der Waals surface area contributed by atoms with Gasteiger partial charge >= 0.3 is 0 Å². The summed E-state index contributed by atoms with van der Waals surface area (Å²) in [7, 11) is 0. The average molecular weight is 379 g/mol. The second kappa shape index (κ2) is 10.5. The van der Waals surface area contributed by atoms with Crippen molar-refractivity contribution >= 4 is 21.8 Å². The molecule has 0 spiro atoms. The number of para-hydroxylation sites is 2. The van der Waals surface area contributed by atoms with Crippen molar-refractivity contribution in [1.82, 2.24) is 9.88 Å². The molecule has 0 radical (unpaired) electrons. The smallest absolute Gasteiger partial charge is 0.0803 e. The van der Waals surface area contributed by atoms with Gasteiger partial charge in [-0.25, -0.2) is 4.98 Å². The molecular weight excluding hydrogens is 344 g/mol. The monoisotopic (exact) mass is 378 g/mol. The zero-order chi connectivity index (χ0) is 19.8. The Balaban J connectivity index is 1.76. The Kier molecular flexibility index (Phi) is 7.81. The van der Waals surface area contributed by atoms with Gasteiger partial charge in [0.15, 0.2) is 0 Å². The SMILES string of the molecule is CCCCN(CCCC)CCC[C@H](O)c1c2ccccc2nc2ccccc12. The van der Waals surface area contributed by atoms with Crippen LogP contribution >= 0.6 is 0 Å². The van der Waals surface area contributed by atoms with E-state index in [1.54, 1.807) is 0 Å². The van der Waals surface area contributed by atoms with Gasteiger partial charge in [-0.1, -0.05) is 63.1 Å². The molecule has 3 rings (SSSR count). The molecule has 1 atom stereocenters. The van der Waals surface area contributed by atoms with Crippen LogP contribution in [0.5, 0.6) is 0 Å². The molecule has 0 unspecified atom stereocenters. The van der Waals surface area contributed by atoms with E-state index >= 15 is 0 Å². The largest absolute Gasteiger partial charge is 0.388 e. The topological polar surface area (TPSA) is 36.4 Å². The average Bonchev–Trinajstić information content (AvgIpc) is 2.73. The first-order valence-corrected chi connectivity index (χ1v) is 10.9. The summed E-state index contributed by atoms with van der Waals surface area (Å²) in [6.45, 7) is 7.92. The minimum Gasteiger partial charge on any atom is -0.388 e. The van der Waals surface area contributed by atoms with E-state index in [2.05, 4.69) is 30.9 Å². The number of fused-ring (bicyclic) bond motifs is 2. The van der Waals surface area contributed by atoms with Crippen LogP contribution in [0, 0.1) is 0 Å². The summed E-state index contributed by atoms with van der Waals surface area (Å²) in [5.74, 6) is 0. The van der Waals surface area contributed by atoms with Crippen molar-refractivity contribution in [2.45, 2.75) is 58.5 Å². The standard InChI is InChI=1S/C25H34N2O/c1-3-5-17-27(18-6-4-2)19-11-16-24(28)25-20-12-7-9-14-22(20)26-23-15-10-8-13-21(23)25/h7-10,12-15,24,28H,3-6,11,16-19H2,1-2H3/t24-/m0/s1. The summed E-state index contributed by atoms with van der Waals surface area (Å²) < 4.78 is 0. The predicted octanol–water partition coefficient (Wildman–Crippen LogP) is 6.10. The van der Waals surface area contributed by atoms with E-state index in [1.165, 1.54) is 38.8 Å². The number of rotatable bonds is 11. The molecule has 0 fully saturated rings. The lowest BCUT2D eigenvalue weighted by Crippen LogP contribution is -2.27. The summed E-state index contributed by atoms with van der Waals surface area (Å²) in [4.78, 5) is 7.35. The lowest BCUT2D eigenvalue weighted by molar-refractivity contribution is 0.157. The Morgan fingerprint density at radius 1 is 0.786 bits per heavy atom. The maximum absolute atomic E-state index is 11.1. The van der Waals surface area contributed by atoms with Gasteiger partial charge < -0.3 is 10.0 Å². The Morgan fingerprint density at radius 3 is 1.82 bits per heavy atom. The van der Waals surface area contributed by atoms with Gasteiger partial charge in [0, 0.05) is 10.8 Å². The molecule has 3 heteroatoms. The zero-order valence-corrected chi connectivity index (χ0v) is 17.4. The van der Waals surface area contributed by atoms with Gasteiger partial charge in [-0.2, -0.15) is 0 Å². The van der Waals surface area contributed by atoms with Gasteiger partial charge in [0.05, 0.1) is 17.1 Å². The highest BCUT2D eigenvalue weighted by atomic mass is 16.3. The Bertz CT molecular complexity index is 815. The highest BCUT2D eigenvalue weighted by molar-refractivity contribution is 5.97. The number of aliphatic hydroxyl groups excluding tert-OH is 1. The van der Waals surface area contributed by atoms with Crippen LogP contribution < -0.4 is 0 Å². The Labute approximate surface area is 169 Å². The maximum atomic E-state index is 11.1. The quantitative estimate of drug-likeness (QED) is 0.409. The highest BCUT2D eigenvalue weighted by Gasteiger charge is 2.16. The molecule has 2 aromatic carbocycles. The molecule has 0 aliphatic rings. The molecule has 0 saturated carbocycles. The van der Waals surface area contributed by atoms with Crippen LogP contribution in [-0.4, -0.2) is 34.6 Å². The fourth-order valence-electron chi connectivity index (χ4n) is 3.98. The third-order valence-corrected chi connectivity index (χ3v) is 5.57. The lowest BCUT2D eigenvalue weighted by Gasteiger charge is -2.23. The number of hydrogen-bond acceptors (Lipinski definition) is 3. The molecule has 0 amide bonds. The molecule has 1 heterocycles. The van der Waals surface area contributed by atoms with Crippen LogP contribution in [0.25, 0.3) is 21.8 Å². The van der Waals surface area contributed by atoms with Crippen molar-refractivity contribution in [2.24, 2.45) is 0 Å². The Hall–Kier alpha value is -1.97. The van der Waals surface area contributed by atoms with Crippen molar-refractivity contribution in [2.75, 3.05) is 19.6 Å². The molecule has 1 aromatic heterocycles. The summed E-state index contributed by atoms with van der Waals surface area (Å²) >= 11 is 0. The normalized spacial score (nSPS) is 12.9. The van der Waals surface area contributed by atoms with E-state index in [-0.39, 0.29) is 0 Å². The highest BCUT2D eigenvalue weighted by Crippen LogP contribution is 2.32. The molecule has 1 N–H and O–H groups in total. The van der Waals surface area contributed by atoms with Crippen molar-refractivity contribution in [3.63, 3.8) is 0 Å². The van der Waals surface area contributed by atoms with E-state index in [4.69, 9.17) is 4.98 Å². The molecule has 28 heavy (non-hydrogen) atoms. The maximum Gasteiger partial charge on any atom is 0.0803 e. The third kappa shape index (κ3) is 5.09. The van der Waals surface area contributed by atoms with Crippen LogP contribution in [-0.2, 0) is 0 Å². The number of benzene rings is 2. The van der Waals surface area contributed by atoms with E-state index in [0.29, 0.717) is 0 Å². The van der Waals surface area contributed by atoms with E-state index in [0.717, 1.165) is 46.8 Å². The third-order valence-electron chi connectivity index (χ3n) is 5.57. The van der Waals surface area contributed by atoms with Crippen LogP contribution in [0.15, 0.2) is 48.5 Å². The van der Waals surface area contributed by atoms with Crippen LogP contribution in [0.2, 0.25) is 0 Å². The van der Waals surface area contributed by atoms with Crippen molar-refractivity contribution in [3.05, 3.63) is 54.1 Å². The molecular formula is C25H34N2O. The molecule has 3 nitrogen and oxygen atoms in total. The van der Waals surface area contributed by atoms with Gasteiger partial charge in [-0.3, -0.25) is 0 Å². The van der Waals surface area contributed by atoms with Gasteiger partial charge in [-0.15, -0.1) is 0 Å². The predicted molar refractivity (Wildman–Crippen MR) is 120 cm³/mol. The molecule has 0 saturated heterocycles. The van der Waals surface area contributed by atoms with Crippen LogP contribution in [0.1, 0.15) is 64.0 Å². The first-order chi connectivity index (χ1) is 13.7. The summed E-state index contributed by atoms with van der Waals surface area (Å²) in [6, 6.07) is 16.3.